The van der Waals surface area contributed by atoms with Crippen LogP contribution in [0.4, 0.5) is 11.1 Å². The first-order chi connectivity index (χ1) is 6.33. The van der Waals surface area contributed by atoms with Crippen molar-refractivity contribution >= 4 is 22.6 Å². The Bertz CT molecular complexity index is 240. The fourth-order valence-corrected chi connectivity index (χ4v) is 1.34. The van der Waals surface area contributed by atoms with Gasteiger partial charge in [-0.15, -0.1) is 0 Å². The summed E-state index contributed by atoms with van der Waals surface area (Å²) in [5.74, 6) is 0.331. The van der Waals surface area contributed by atoms with Gasteiger partial charge in [0.1, 0.15) is 0 Å². The zero-order chi connectivity index (χ0) is 9.52. The highest BCUT2D eigenvalue weighted by Gasteiger charge is 1.97. The van der Waals surface area contributed by atoms with Crippen molar-refractivity contribution in [2.45, 2.75) is 13.3 Å². The van der Waals surface area contributed by atoms with Crippen LogP contribution in [0.1, 0.15) is 13.3 Å². The molecule has 0 aromatic carbocycles. The molecule has 0 fully saturated rings. The van der Waals surface area contributed by atoms with E-state index >= 15 is 0 Å². The molecule has 0 spiro atoms. The number of anilines is 2. The van der Waals surface area contributed by atoms with E-state index in [0.29, 0.717) is 5.95 Å². The zero-order valence-electron chi connectivity index (χ0n) is 7.62. The van der Waals surface area contributed by atoms with Gasteiger partial charge in [-0.2, -0.15) is 9.36 Å². The van der Waals surface area contributed by atoms with Crippen LogP contribution in [0, 0.1) is 0 Å². The van der Waals surface area contributed by atoms with Crippen LogP contribution in [0.3, 0.4) is 0 Å². The van der Waals surface area contributed by atoms with Crippen LogP contribution in [0.25, 0.3) is 0 Å². The van der Waals surface area contributed by atoms with Crippen molar-refractivity contribution < 1.29 is 4.74 Å². The normalized spacial score (nSPS) is 10.2. The summed E-state index contributed by atoms with van der Waals surface area (Å²) in [5.41, 5.74) is 5.35. The third-order valence-corrected chi connectivity index (χ3v) is 2.07. The van der Waals surface area contributed by atoms with Crippen molar-refractivity contribution in [1.82, 2.24) is 9.36 Å². The molecule has 0 saturated carbocycles. The average molecular weight is 202 g/mol. The maximum atomic E-state index is 5.35. The minimum atomic E-state index is 0.331. The Morgan fingerprint density at radius 3 is 3.08 bits per heavy atom. The summed E-state index contributed by atoms with van der Waals surface area (Å²) in [7, 11) is 0. The highest BCUT2D eigenvalue weighted by Crippen LogP contribution is 2.10. The van der Waals surface area contributed by atoms with E-state index in [-0.39, 0.29) is 0 Å². The van der Waals surface area contributed by atoms with Gasteiger partial charge in [0.05, 0.1) is 0 Å². The van der Waals surface area contributed by atoms with E-state index in [4.69, 9.17) is 10.5 Å². The molecule has 1 heterocycles. The zero-order valence-corrected chi connectivity index (χ0v) is 8.43. The third kappa shape index (κ3) is 4.05. The highest BCUT2D eigenvalue weighted by molar-refractivity contribution is 7.09. The van der Waals surface area contributed by atoms with Crippen LogP contribution in [0.5, 0.6) is 0 Å². The molecule has 0 aliphatic carbocycles. The fourth-order valence-electron chi connectivity index (χ4n) is 0.821. The Labute approximate surface area is 81.5 Å². The van der Waals surface area contributed by atoms with Gasteiger partial charge < -0.3 is 15.8 Å². The molecule has 1 aromatic heterocycles. The second-order valence-corrected chi connectivity index (χ2v) is 3.19. The molecule has 0 saturated heterocycles. The third-order valence-electron chi connectivity index (χ3n) is 1.39. The Kier molecular flexibility index (Phi) is 4.48. The lowest BCUT2D eigenvalue weighted by Crippen LogP contribution is -2.05. The molecule has 6 heteroatoms. The van der Waals surface area contributed by atoms with Crippen LogP contribution < -0.4 is 11.1 Å². The Hall–Kier alpha value is -0.880. The summed E-state index contributed by atoms with van der Waals surface area (Å²) >= 11 is 1.28. The summed E-state index contributed by atoms with van der Waals surface area (Å²) in [6.45, 7) is 4.37. The standard InChI is InChI=1S/C7H14N4OS/c1-2-12-5-3-4-9-7-10-6(8)11-13-7/h2-5H2,1H3,(H3,8,9,10,11). The number of ether oxygens (including phenoxy) is 1. The van der Waals surface area contributed by atoms with Crippen LogP contribution in [0.15, 0.2) is 0 Å². The van der Waals surface area contributed by atoms with Gasteiger partial charge in [-0.05, 0) is 13.3 Å². The minimum Gasteiger partial charge on any atom is -0.382 e. The van der Waals surface area contributed by atoms with E-state index in [9.17, 15) is 0 Å². The number of nitrogens with one attached hydrogen (secondary N) is 1. The number of nitrogens with two attached hydrogens (primary N) is 1. The lowest BCUT2D eigenvalue weighted by molar-refractivity contribution is 0.147. The van der Waals surface area contributed by atoms with Gasteiger partial charge in [-0.1, -0.05) is 0 Å². The van der Waals surface area contributed by atoms with E-state index in [2.05, 4.69) is 14.7 Å². The van der Waals surface area contributed by atoms with Gasteiger partial charge in [-0.3, -0.25) is 0 Å². The van der Waals surface area contributed by atoms with Crippen LogP contribution in [-0.2, 0) is 4.74 Å². The lowest BCUT2D eigenvalue weighted by Gasteiger charge is -2.01. The number of hydrogen-bond acceptors (Lipinski definition) is 6. The first kappa shape index (κ1) is 10.2. The SMILES string of the molecule is CCOCCCNc1nc(N)ns1. The smallest absolute Gasteiger partial charge is 0.233 e. The number of aromatic nitrogens is 2. The van der Waals surface area contributed by atoms with Crippen molar-refractivity contribution in [3.05, 3.63) is 0 Å². The maximum Gasteiger partial charge on any atom is 0.233 e. The molecule has 0 bridgehead atoms. The van der Waals surface area contributed by atoms with Gasteiger partial charge in [0.2, 0.25) is 11.1 Å². The second kappa shape index (κ2) is 5.71. The molecule has 0 amide bonds. The van der Waals surface area contributed by atoms with E-state index in [0.717, 1.165) is 31.3 Å². The van der Waals surface area contributed by atoms with Crippen molar-refractivity contribution in [2.75, 3.05) is 30.8 Å². The van der Waals surface area contributed by atoms with Gasteiger partial charge in [0, 0.05) is 31.3 Å². The second-order valence-electron chi connectivity index (χ2n) is 2.43. The topological polar surface area (TPSA) is 73.1 Å². The Morgan fingerprint density at radius 1 is 1.62 bits per heavy atom. The summed E-state index contributed by atoms with van der Waals surface area (Å²) in [6.07, 6.45) is 0.966. The van der Waals surface area contributed by atoms with Gasteiger partial charge in [0.15, 0.2) is 0 Å². The van der Waals surface area contributed by atoms with Crippen molar-refractivity contribution in [3.8, 4) is 0 Å². The molecule has 0 atom stereocenters. The molecule has 1 aromatic rings. The van der Waals surface area contributed by atoms with E-state index in [1.165, 1.54) is 11.5 Å². The maximum absolute atomic E-state index is 5.35. The van der Waals surface area contributed by atoms with E-state index in [1.54, 1.807) is 0 Å². The fraction of sp³-hybridized carbons (Fsp3) is 0.714. The molecule has 3 N–H and O–H groups in total. The Balaban J connectivity index is 2.06. The van der Waals surface area contributed by atoms with Gasteiger partial charge in [-0.25, -0.2) is 0 Å². The van der Waals surface area contributed by atoms with Gasteiger partial charge >= 0.3 is 0 Å². The number of hydrogen-bond donors (Lipinski definition) is 2. The molecule has 0 aliphatic rings. The first-order valence-corrected chi connectivity index (χ1v) is 5.01. The number of nitrogen functional groups attached to an aromatic ring is 1. The van der Waals surface area contributed by atoms with E-state index in [1.807, 2.05) is 6.92 Å². The summed E-state index contributed by atoms with van der Waals surface area (Å²) in [5, 5.41) is 3.88. The lowest BCUT2D eigenvalue weighted by atomic mass is 10.4. The van der Waals surface area contributed by atoms with Crippen LogP contribution in [0.2, 0.25) is 0 Å². The Morgan fingerprint density at radius 2 is 2.46 bits per heavy atom. The molecule has 0 unspecified atom stereocenters. The molecule has 0 radical (unpaired) electrons. The molecular weight excluding hydrogens is 188 g/mol. The molecular formula is C7H14N4OS. The predicted molar refractivity (Wildman–Crippen MR) is 53.9 cm³/mol. The monoisotopic (exact) mass is 202 g/mol. The van der Waals surface area contributed by atoms with E-state index < -0.39 is 0 Å². The molecule has 13 heavy (non-hydrogen) atoms. The van der Waals surface area contributed by atoms with Crippen molar-refractivity contribution in [3.63, 3.8) is 0 Å². The van der Waals surface area contributed by atoms with Crippen LogP contribution in [-0.4, -0.2) is 29.1 Å². The molecule has 5 nitrogen and oxygen atoms in total. The summed E-state index contributed by atoms with van der Waals surface area (Å²) in [6, 6.07) is 0. The van der Waals surface area contributed by atoms with Crippen molar-refractivity contribution in [2.24, 2.45) is 0 Å². The molecule has 0 aliphatic heterocycles. The van der Waals surface area contributed by atoms with Crippen molar-refractivity contribution in [1.29, 1.82) is 0 Å². The van der Waals surface area contributed by atoms with Gasteiger partial charge in [0.25, 0.3) is 0 Å². The molecule has 74 valence electrons. The molecule has 1 rings (SSSR count). The minimum absolute atomic E-state index is 0.331. The summed E-state index contributed by atoms with van der Waals surface area (Å²) in [4.78, 5) is 3.96. The van der Waals surface area contributed by atoms with Crippen LogP contribution >= 0.6 is 11.5 Å². The quantitative estimate of drug-likeness (QED) is 0.672. The first-order valence-electron chi connectivity index (χ1n) is 4.23. The number of rotatable bonds is 6. The highest BCUT2D eigenvalue weighted by atomic mass is 32.1. The largest absolute Gasteiger partial charge is 0.382 e. The average Bonchev–Trinajstić information content (AvgIpc) is 2.51. The summed E-state index contributed by atoms with van der Waals surface area (Å²) < 4.78 is 9.03. The predicted octanol–water partition coefficient (Wildman–Crippen LogP) is 0.959. The number of nitrogens with zero attached hydrogens (tertiary/aromatic N) is 2.